The largest absolute Gasteiger partial charge is 0.364 e. The van der Waals surface area contributed by atoms with Crippen LogP contribution < -0.4 is 5.32 Å². The first kappa shape index (κ1) is 13.5. The molecule has 1 heterocycles. The smallest absolute Gasteiger partial charge is 0.257 e. The quantitative estimate of drug-likeness (QED) is 0.890. The molecular formula is C16H15FN2O2. The third-order valence-corrected chi connectivity index (χ3v) is 3.67. The minimum atomic E-state index is -0.365. The molecule has 2 N–H and O–H groups in total. The standard InChI is InChI=1S/C16H15FN2O2/c1-9-6-13-15(14(20)7-9)12(8-18-13)16(21)19-11-4-2-10(17)3-5-11/h2-5,8-9,18H,6-7H2,1H3,(H,19,21). The summed E-state index contributed by atoms with van der Waals surface area (Å²) in [5.74, 6) is -0.441. The Hall–Kier alpha value is -2.43. The molecule has 1 unspecified atom stereocenters. The van der Waals surface area contributed by atoms with Crippen molar-refractivity contribution in [2.45, 2.75) is 19.8 Å². The average Bonchev–Trinajstić information content (AvgIpc) is 2.85. The summed E-state index contributed by atoms with van der Waals surface area (Å²) in [6.07, 6.45) is 2.80. The van der Waals surface area contributed by atoms with Gasteiger partial charge in [-0.3, -0.25) is 9.59 Å². The molecule has 1 atom stereocenters. The molecule has 0 radical (unpaired) electrons. The summed E-state index contributed by atoms with van der Waals surface area (Å²) in [4.78, 5) is 27.4. The van der Waals surface area contributed by atoms with Crippen LogP contribution in [0, 0.1) is 11.7 Å². The number of rotatable bonds is 2. The van der Waals surface area contributed by atoms with Crippen LogP contribution in [0.2, 0.25) is 0 Å². The zero-order valence-corrected chi connectivity index (χ0v) is 11.6. The number of halogens is 1. The lowest BCUT2D eigenvalue weighted by Crippen LogP contribution is -2.21. The van der Waals surface area contributed by atoms with Crippen molar-refractivity contribution in [2.75, 3.05) is 5.32 Å². The Balaban J connectivity index is 1.86. The molecule has 0 saturated heterocycles. The van der Waals surface area contributed by atoms with Gasteiger partial charge in [-0.25, -0.2) is 4.39 Å². The summed E-state index contributed by atoms with van der Waals surface area (Å²) in [5.41, 5.74) is 2.16. The van der Waals surface area contributed by atoms with Gasteiger partial charge in [0.2, 0.25) is 0 Å². The molecule has 0 spiro atoms. The first-order chi connectivity index (χ1) is 10.0. The van der Waals surface area contributed by atoms with Crippen molar-refractivity contribution in [3.63, 3.8) is 0 Å². The second-order valence-electron chi connectivity index (χ2n) is 5.45. The number of H-pyrrole nitrogens is 1. The number of ketones is 1. The minimum absolute atomic E-state index is 0.00532. The lowest BCUT2D eigenvalue weighted by atomic mass is 9.86. The van der Waals surface area contributed by atoms with Crippen LogP contribution in [0.15, 0.2) is 30.5 Å². The highest BCUT2D eigenvalue weighted by Gasteiger charge is 2.29. The van der Waals surface area contributed by atoms with E-state index in [0.717, 1.165) is 12.1 Å². The number of hydrogen-bond acceptors (Lipinski definition) is 2. The number of carbonyl (C=O) groups excluding carboxylic acids is 2. The lowest BCUT2D eigenvalue weighted by molar-refractivity contribution is 0.0940. The van der Waals surface area contributed by atoms with E-state index in [4.69, 9.17) is 0 Å². The fourth-order valence-electron chi connectivity index (χ4n) is 2.70. The molecule has 2 aromatic rings. The van der Waals surface area contributed by atoms with E-state index in [-0.39, 0.29) is 23.4 Å². The van der Waals surface area contributed by atoms with Gasteiger partial charge in [0.05, 0.1) is 11.1 Å². The molecule has 0 fully saturated rings. The van der Waals surface area contributed by atoms with E-state index in [9.17, 15) is 14.0 Å². The van der Waals surface area contributed by atoms with Gasteiger partial charge in [-0.1, -0.05) is 6.92 Å². The number of nitrogens with one attached hydrogen (secondary N) is 2. The van der Waals surface area contributed by atoms with Crippen molar-refractivity contribution < 1.29 is 14.0 Å². The number of aromatic amines is 1. The van der Waals surface area contributed by atoms with E-state index in [1.807, 2.05) is 6.92 Å². The lowest BCUT2D eigenvalue weighted by Gasteiger charge is -2.17. The summed E-state index contributed by atoms with van der Waals surface area (Å²) in [6, 6.07) is 5.51. The minimum Gasteiger partial charge on any atom is -0.364 e. The van der Waals surface area contributed by atoms with Crippen molar-refractivity contribution in [3.05, 3.63) is 53.1 Å². The topological polar surface area (TPSA) is 62.0 Å². The SMILES string of the molecule is CC1CC(=O)c2c(C(=O)Nc3ccc(F)cc3)c[nH]c2C1. The van der Waals surface area contributed by atoms with Crippen molar-refractivity contribution in [2.24, 2.45) is 5.92 Å². The molecule has 0 aliphatic heterocycles. The third kappa shape index (κ3) is 2.59. The van der Waals surface area contributed by atoms with E-state index in [2.05, 4.69) is 10.3 Å². The highest BCUT2D eigenvalue weighted by molar-refractivity contribution is 6.13. The van der Waals surface area contributed by atoms with Gasteiger partial charge in [0.1, 0.15) is 5.82 Å². The number of carbonyl (C=O) groups is 2. The Morgan fingerprint density at radius 2 is 2.00 bits per heavy atom. The van der Waals surface area contributed by atoms with Crippen molar-refractivity contribution in [3.8, 4) is 0 Å². The highest BCUT2D eigenvalue weighted by Crippen LogP contribution is 2.27. The first-order valence-corrected chi connectivity index (χ1v) is 6.85. The fourth-order valence-corrected chi connectivity index (χ4v) is 2.70. The third-order valence-electron chi connectivity index (χ3n) is 3.67. The highest BCUT2D eigenvalue weighted by atomic mass is 19.1. The van der Waals surface area contributed by atoms with Gasteiger partial charge >= 0.3 is 0 Å². The molecule has 1 aliphatic rings. The van der Waals surface area contributed by atoms with E-state index >= 15 is 0 Å². The first-order valence-electron chi connectivity index (χ1n) is 6.85. The Labute approximate surface area is 121 Å². The van der Waals surface area contributed by atoms with Gasteiger partial charge in [0.15, 0.2) is 5.78 Å². The fraction of sp³-hybridized carbons (Fsp3) is 0.250. The molecule has 4 nitrogen and oxygen atoms in total. The maximum absolute atomic E-state index is 12.8. The zero-order valence-electron chi connectivity index (χ0n) is 11.6. The number of aromatic nitrogens is 1. The van der Waals surface area contributed by atoms with Gasteiger partial charge in [0.25, 0.3) is 5.91 Å². The molecule has 5 heteroatoms. The number of amides is 1. The number of anilines is 1. The summed E-state index contributed by atoms with van der Waals surface area (Å²) in [7, 11) is 0. The van der Waals surface area contributed by atoms with Crippen molar-refractivity contribution >= 4 is 17.4 Å². The molecule has 3 rings (SSSR count). The Kier molecular flexibility index (Phi) is 3.33. The summed E-state index contributed by atoms with van der Waals surface area (Å²) in [5, 5.41) is 2.68. The van der Waals surface area contributed by atoms with Crippen LogP contribution in [0.3, 0.4) is 0 Å². The van der Waals surface area contributed by atoms with Crippen LogP contribution in [0.25, 0.3) is 0 Å². The second-order valence-corrected chi connectivity index (χ2v) is 5.45. The van der Waals surface area contributed by atoms with Crippen LogP contribution in [-0.4, -0.2) is 16.7 Å². The van der Waals surface area contributed by atoms with Crippen LogP contribution in [0.1, 0.15) is 39.8 Å². The molecule has 1 aromatic heterocycles. The van der Waals surface area contributed by atoms with Crippen LogP contribution in [-0.2, 0) is 6.42 Å². The van der Waals surface area contributed by atoms with Crippen LogP contribution in [0.5, 0.6) is 0 Å². The van der Waals surface area contributed by atoms with E-state index in [1.165, 1.54) is 24.3 Å². The summed E-state index contributed by atoms with van der Waals surface area (Å²) in [6.45, 7) is 2.01. The van der Waals surface area contributed by atoms with Gasteiger partial charge in [-0.15, -0.1) is 0 Å². The van der Waals surface area contributed by atoms with Gasteiger partial charge < -0.3 is 10.3 Å². The predicted octanol–water partition coefficient (Wildman–Crippen LogP) is 3.17. The number of fused-ring (bicyclic) bond motifs is 1. The summed E-state index contributed by atoms with van der Waals surface area (Å²) < 4.78 is 12.8. The molecule has 1 aliphatic carbocycles. The number of hydrogen-bond donors (Lipinski definition) is 2. The van der Waals surface area contributed by atoms with Crippen molar-refractivity contribution in [1.82, 2.24) is 4.98 Å². The van der Waals surface area contributed by atoms with E-state index in [1.54, 1.807) is 6.20 Å². The van der Waals surface area contributed by atoms with Crippen LogP contribution in [0.4, 0.5) is 10.1 Å². The second kappa shape index (κ2) is 5.16. The molecule has 1 aromatic carbocycles. The Morgan fingerprint density at radius 1 is 1.29 bits per heavy atom. The van der Waals surface area contributed by atoms with Gasteiger partial charge in [0, 0.05) is 24.0 Å². The Morgan fingerprint density at radius 3 is 2.71 bits per heavy atom. The predicted molar refractivity (Wildman–Crippen MR) is 77.0 cm³/mol. The molecule has 108 valence electrons. The maximum Gasteiger partial charge on any atom is 0.257 e. The van der Waals surface area contributed by atoms with Gasteiger partial charge in [-0.2, -0.15) is 0 Å². The molecule has 0 saturated carbocycles. The molecule has 0 bridgehead atoms. The van der Waals surface area contributed by atoms with E-state index < -0.39 is 0 Å². The maximum atomic E-state index is 12.8. The van der Waals surface area contributed by atoms with Gasteiger partial charge in [-0.05, 0) is 36.6 Å². The number of Topliss-reactive ketones (excluding diaryl/α,β-unsaturated/α-hetero) is 1. The number of benzene rings is 1. The Bertz CT molecular complexity index is 704. The monoisotopic (exact) mass is 286 g/mol. The normalized spacial score (nSPS) is 17.4. The molecular weight excluding hydrogens is 271 g/mol. The summed E-state index contributed by atoms with van der Waals surface area (Å²) >= 11 is 0. The zero-order chi connectivity index (χ0) is 15.0. The van der Waals surface area contributed by atoms with E-state index in [0.29, 0.717) is 23.2 Å². The van der Waals surface area contributed by atoms with Crippen LogP contribution >= 0.6 is 0 Å². The molecule has 21 heavy (non-hydrogen) atoms. The molecule has 1 amide bonds. The average molecular weight is 286 g/mol. The van der Waals surface area contributed by atoms with Crippen molar-refractivity contribution in [1.29, 1.82) is 0 Å².